The van der Waals surface area contributed by atoms with Crippen LogP contribution in [0.2, 0.25) is 0 Å². The van der Waals surface area contributed by atoms with Crippen LogP contribution in [0.4, 0.5) is 0 Å². The molecule has 0 amide bonds. The quantitative estimate of drug-likeness (QED) is 0.404. The Morgan fingerprint density at radius 1 is 0.375 bits per heavy atom. The van der Waals surface area contributed by atoms with Crippen molar-refractivity contribution in [3.05, 3.63) is 0 Å². The van der Waals surface area contributed by atoms with Gasteiger partial charge in [0.05, 0.1) is 0 Å². The molecule has 4 N–H and O–H groups in total. The Hall–Kier alpha value is 2.34. The van der Waals surface area contributed by atoms with E-state index in [0.29, 0.717) is 0 Å². The molecule has 8 heteroatoms. The van der Waals surface area contributed by atoms with E-state index in [-0.39, 0.29) is 100 Å². The van der Waals surface area contributed by atoms with Crippen molar-refractivity contribution in [3.8, 4) is 0 Å². The molecule has 0 aliphatic carbocycles. The molecule has 0 saturated carbocycles. The van der Waals surface area contributed by atoms with Gasteiger partial charge < -0.3 is 80.6 Å². The number of hydrogen-bond donors (Lipinski definition) is 1. The number of rotatable bonds is 0. The van der Waals surface area contributed by atoms with Crippen LogP contribution in [0.5, 0.6) is 0 Å². The van der Waals surface area contributed by atoms with E-state index in [0.717, 1.165) is 0 Å². The Labute approximate surface area is 99.6 Å². The molecule has 0 aromatic heterocycles. The standard InChI is InChI=1S/6ClH.H3N.Os/h6*1H;1H3;/q;;;;;;;+2/p-5. The van der Waals surface area contributed by atoms with E-state index in [1.165, 1.54) is 0 Å². The first kappa shape index (κ1) is 165. The van der Waals surface area contributed by atoms with Crippen molar-refractivity contribution >= 4 is 0 Å². The van der Waals surface area contributed by atoms with E-state index in [9.17, 15) is 0 Å². The Kier molecular flexibility index (Phi) is 2450. The third-order valence-corrected chi connectivity index (χ3v) is 0. The van der Waals surface area contributed by atoms with Crippen LogP contribution in [0.3, 0.4) is 0 Å². The SMILES string of the molecule is [Cl-].[Cl-].[Cl-].[Cl-].[Cl-].[Cl-].[NH4+].[Os+2]. The van der Waals surface area contributed by atoms with Gasteiger partial charge in [0.15, 0.2) is 0 Å². The van der Waals surface area contributed by atoms with Gasteiger partial charge in [0.2, 0.25) is 0 Å². The van der Waals surface area contributed by atoms with E-state index < -0.39 is 0 Å². The molecule has 0 bridgehead atoms. The van der Waals surface area contributed by atoms with Crippen molar-refractivity contribution in [2.24, 2.45) is 0 Å². The Balaban J connectivity index is 0. The van der Waals surface area contributed by atoms with Gasteiger partial charge in [0, 0.05) is 0 Å². The van der Waals surface area contributed by atoms with Crippen LogP contribution in [-0.2, 0) is 19.8 Å². The third-order valence-electron chi connectivity index (χ3n) is 0. The molecule has 0 radical (unpaired) electrons. The monoisotopic (exact) mass is 420 g/mol. The topological polar surface area (TPSA) is 36.5 Å². The first-order valence-corrected chi connectivity index (χ1v) is 0. The number of quaternary nitrogens is 1. The second-order valence-corrected chi connectivity index (χ2v) is 0. The minimum atomic E-state index is 0. The Morgan fingerprint density at radius 3 is 0.375 bits per heavy atom. The fourth-order valence-electron chi connectivity index (χ4n) is 0. The second-order valence-electron chi connectivity index (χ2n) is 0. The fourth-order valence-corrected chi connectivity index (χ4v) is 0. The minimum Gasteiger partial charge on any atom is -1.00 e. The van der Waals surface area contributed by atoms with Crippen molar-refractivity contribution < 1.29 is 94.2 Å². The smallest absolute Gasteiger partial charge is 1.00 e. The molecule has 0 aliphatic rings. The van der Waals surface area contributed by atoms with Gasteiger partial charge in [-0.1, -0.05) is 0 Å². The van der Waals surface area contributed by atoms with Crippen molar-refractivity contribution in [2.75, 3.05) is 0 Å². The average molecular weight is 421 g/mol. The summed E-state index contributed by atoms with van der Waals surface area (Å²) < 4.78 is 0. The molecule has 8 heavy (non-hydrogen) atoms. The molecule has 0 saturated heterocycles. The van der Waals surface area contributed by atoms with Crippen LogP contribution in [0.25, 0.3) is 0 Å². The molecule has 1 nitrogen and oxygen atoms in total. The van der Waals surface area contributed by atoms with Gasteiger partial charge >= 0.3 is 19.8 Å². The van der Waals surface area contributed by atoms with E-state index in [2.05, 4.69) is 0 Å². The van der Waals surface area contributed by atoms with Crippen LogP contribution in [-0.4, -0.2) is 0 Å². The van der Waals surface area contributed by atoms with Crippen molar-refractivity contribution in [1.29, 1.82) is 0 Å². The third kappa shape index (κ3) is 82.2. The Bertz CT molecular complexity index is 8.49. The van der Waals surface area contributed by atoms with Crippen LogP contribution < -0.4 is 80.6 Å². The maximum Gasteiger partial charge on any atom is 2.00 e. The summed E-state index contributed by atoms with van der Waals surface area (Å²) in [4.78, 5) is 0. The first-order valence-electron chi connectivity index (χ1n) is 0. The van der Waals surface area contributed by atoms with E-state index >= 15 is 0 Å². The summed E-state index contributed by atoms with van der Waals surface area (Å²) in [6, 6.07) is 0. The molecule has 0 spiro atoms. The first-order chi connectivity index (χ1) is 0. The average Bonchev–Trinajstić information content (AvgIpc) is 0. The molecule has 62 valence electrons. The molecular formula is H4Cl6NOs-3. The predicted octanol–water partition coefficient (Wildman–Crippen LogP) is -17.6. The molecule has 0 unspecified atom stereocenters. The number of hydrogen-bond acceptors (Lipinski definition) is 0. The van der Waals surface area contributed by atoms with Gasteiger partial charge in [0.1, 0.15) is 0 Å². The van der Waals surface area contributed by atoms with Gasteiger partial charge in [0.25, 0.3) is 0 Å². The van der Waals surface area contributed by atoms with E-state index in [4.69, 9.17) is 0 Å². The van der Waals surface area contributed by atoms with Crippen LogP contribution in [0.15, 0.2) is 0 Å². The summed E-state index contributed by atoms with van der Waals surface area (Å²) >= 11 is 0. The Morgan fingerprint density at radius 2 is 0.375 bits per heavy atom. The van der Waals surface area contributed by atoms with Gasteiger partial charge in [-0.05, 0) is 0 Å². The zero-order chi connectivity index (χ0) is 0. The van der Waals surface area contributed by atoms with Crippen molar-refractivity contribution in [1.82, 2.24) is 6.15 Å². The largest absolute Gasteiger partial charge is 2.00 e. The van der Waals surface area contributed by atoms with Gasteiger partial charge in [-0.15, -0.1) is 0 Å². The molecule has 0 aromatic rings. The maximum absolute atomic E-state index is 0. The molecular weight excluding hydrogens is 417 g/mol. The zero-order valence-corrected chi connectivity index (χ0v) is 10.7. The summed E-state index contributed by atoms with van der Waals surface area (Å²) in [5.74, 6) is 0. The molecule has 0 aliphatic heterocycles. The summed E-state index contributed by atoms with van der Waals surface area (Å²) in [6.07, 6.45) is 0. The summed E-state index contributed by atoms with van der Waals surface area (Å²) in [6.45, 7) is 0. The summed E-state index contributed by atoms with van der Waals surface area (Å²) in [5.41, 5.74) is 0. The van der Waals surface area contributed by atoms with Crippen LogP contribution in [0.1, 0.15) is 0 Å². The second kappa shape index (κ2) is 119. The fraction of sp³-hybridized carbons (Fsp3) is 0. The predicted molar refractivity (Wildman–Crippen MR) is 5.98 cm³/mol. The summed E-state index contributed by atoms with van der Waals surface area (Å²) in [7, 11) is 0. The molecule has 0 heterocycles. The van der Waals surface area contributed by atoms with Gasteiger partial charge in [-0.25, -0.2) is 0 Å². The van der Waals surface area contributed by atoms with E-state index in [1.807, 2.05) is 0 Å². The van der Waals surface area contributed by atoms with Gasteiger partial charge in [-0.3, -0.25) is 0 Å². The maximum atomic E-state index is 0. The minimum absolute atomic E-state index is 0. The normalized spacial score (nSPS) is 0. The van der Waals surface area contributed by atoms with Crippen LogP contribution >= 0.6 is 0 Å². The van der Waals surface area contributed by atoms with Crippen LogP contribution in [0, 0.1) is 0 Å². The van der Waals surface area contributed by atoms with Crippen molar-refractivity contribution in [3.63, 3.8) is 0 Å². The van der Waals surface area contributed by atoms with Gasteiger partial charge in [-0.2, -0.15) is 0 Å². The zero-order valence-electron chi connectivity index (χ0n) is 3.62. The summed E-state index contributed by atoms with van der Waals surface area (Å²) in [5, 5.41) is 0. The molecule has 0 fully saturated rings. The van der Waals surface area contributed by atoms with E-state index in [1.54, 1.807) is 0 Å². The number of halogens is 6. The molecule has 0 rings (SSSR count). The van der Waals surface area contributed by atoms with Crippen molar-refractivity contribution in [2.45, 2.75) is 0 Å². The molecule has 0 atom stereocenters. The molecule has 0 aromatic carbocycles.